The minimum atomic E-state index is -1.78. The van der Waals surface area contributed by atoms with Crippen LogP contribution in [0.2, 0.25) is 0 Å². The van der Waals surface area contributed by atoms with Crippen molar-refractivity contribution in [3.8, 4) is 0 Å². The first-order chi connectivity index (χ1) is 37.6. The molecule has 1 amide bonds. The number of hydrogen-bond donors (Lipinski definition) is 9. The van der Waals surface area contributed by atoms with Gasteiger partial charge in [-0.2, -0.15) is 0 Å². The second-order valence-corrected chi connectivity index (χ2v) is 22.2. The molecular formula is C63H115NO13. The molecule has 0 aliphatic carbocycles. The molecule has 0 bridgehead atoms. The Bertz CT molecular complexity index is 1480. The van der Waals surface area contributed by atoms with Crippen LogP contribution in [-0.2, 0) is 23.7 Å². The van der Waals surface area contributed by atoms with Gasteiger partial charge in [0, 0.05) is 6.42 Å². The van der Waals surface area contributed by atoms with Crippen molar-refractivity contribution in [2.45, 2.75) is 325 Å². The van der Waals surface area contributed by atoms with Gasteiger partial charge in [0.25, 0.3) is 0 Å². The standard InChI is InChI=1S/C63H115NO13/c1-3-5-7-9-10-11-12-13-14-15-16-17-18-19-20-21-22-23-24-25-26-27-28-29-30-31-32-33-34-35-36-37-38-39-40-41-42-43-45-47-55(68)64-51(52(67)46-44-8-6-4-2)50-74-62-60(73)58(71)61(54(49-66)76-62)77-63-59(72)57(70)56(69)53(48-65)75-63/h5,7,10-11,13-14,16-17,51-54,56-63,65-67,69-73H,3-4,6,8-9,12,15,18-50H2,1-2H3,(H,64,68)/b7-5-,11-10-,14-13-,17-16-. The van der Waals surface area contributed by atoms with Crippen molar-refractivity contribution in [3.05, 3.63) is 48.6 Å². The van der Waals surface area contributed by atoms with Crippen molar-refractivity contribution in [1.29, 1.82) is 0 Å². The van der Waals surface area contributed by atoms with Crippen molar-refractivity contribution in [1.82, 2.24) is 5.32 Å². The molecule has 450 valence electrons. The van der Waals surface area contributed by atoms with Gasteiger partial charge in [0.2, 0.25) is 5.91 Å². The molecule has 77 heavy (non-hydrogen) atoms. The highest BCUT2D eigenvalue weighted by molar-refractivity contribution is 5.76. The van der Waals surface area contributed by atoms with Crippen LogP contribution in [0.25, 0.3) is 0 Å². The molecule has 0 aromatic rings. The van der Waals surface area contributed by atoms with Gasteiger partial charge in [-0.3, -0.25) is 4.79 Å². The van der Waals surface area contributed by atoms with Crippen molar-refractivity contribution in [2.75, 3.05) is 19.8 Å². The third kappa shape index (κ3) is 34.1. The predicted molar refractivity (Wildman–Crippen MR) is 309 cm³/mol. The van der Waals surface area contributed by atoms with Crippen molar-refractivity contribution >= 4 is 5.91 Å². The van der Waals surface area contributed by atoms with E-state index >= 15 is 0 Å². The van der Waals surface area contributed by atoms with E-state index in [1.54, 1.807) is 0 Å². The van der Waals surface area contributed by atoms with E-state index in [0.29, 0.717) is 12.8 Å². The summed E-state index contributed by atoms with van der Waals surface area (Å²) in [6, 6.07) is -0.822. The Morgan fingerprint density at radius 2 is 0.896 bits per heavy atom. The summed E-state index contributed by atoms with van der Waals surface area (Å²) >= 11 is 0. The summed E-state index contributed by atoms with van der Waals surface area (Å²) in [5.41, 5.74) is 0. The van der Waals surface area contributed by atoms with Crippen LogP contribution in [0.5, 0.6) is 0 Å². The first-order valence-corrected chi connectivity index (χ1v) is 31.4. The van der Waals surface area contributed by atoms with E-state index in [-0.39, 0.29) is 12.5 Å². The Morgan fingerprint density at radius 1 is 0.481 bits per heavy atom. The molecule has 2 aliphatic rings. The fraction of sp³-hybridized carbons (Fsp3) is 0.857. The van der Waals surface area contributed by atoms with Crippen LogP contribution in [0.1, 0.15) is 251 Å². The summed E-state index contributed by atoms with van der Waals surface area (Å²) in [6.07, 6.45) is 45.4. The quantitative estimate of drug-likeness (QED) is 0.0204. The molecule has 2 saturated heterocycles. The normalized spacial score (nSPS) is 25.0. The number of amides is 1. The van der Waals surface area contributed by atoms with E-state index in [0.717, 1.165) is 77.0 Å². The summed E-state index contributed by atoms with van der Waals surface area (Å²) in [4.78, 5) is 13.1. The number of carbonyl (C=O) groups is 1. The Balaban J connectivity index is 1.44. The zero-order valence-electron chi connectivity index (χ0n) is 48.5. The summed E-state index contributed by atoms with van der Waals surface area (Å²) in [5, 5.41) is 86.4. The van der Waals surface area contributed by atoms with E-state index < -0.39 is 86.8 Å². The number of aliphatic hydroxyl groups excluding tert-OH is 8. The van der Waals surface area contributed by atoms with Crippen LogP contribution >= 0.6 is 0 Å². The maximum Gasteiger partial charge on any atom is 0.220 e. The monoisotopic (exact) mass is 1090 g/mol. The van der Waals surface area contributed by atoms with Crippen LogP contribution in [0.4, 0.5) is 0 Å². The largest absolute Gasteiger partial charge is 0.394 e. The van der Waals surface area contributed by atoms with Crippen LogP contribution in [0.3, 0.4) is 0 Å². The number of ether oxygens (including phenoxy) is 4. The first kappa shape index (κ1) is 71.1. The molecule has 2 fully saturated rings. The Hall–Kier alpha value is -2.05. The molecule has 2 aliphatic heterocycles. The van der Waals surface area contributed by atoms with Gasteiger partial charge in [0.1, 0.15) is 48.8 Å². The molecule has 12 atom stereocenters. The average molecular weight is 1090 g/mol. The second kappa shape index (κ2) is 48.6. The Morgan fingerprint density at radius 3 is 1.36 bits per heavy atom. The third-order valence-corrected chi connectivity index (χ3v) is 15.3. The molecule has 14 nitrogen and oxygen atoms in total. The van der Waals surface area contributed by atoms with Gasteiger partial charge < -0.3 is 65.1 Å². The molecule has 0 aromatic carbocycles. The molecule has 2 heterocycles. The number of allylic oxidation sites excluding steroid dienone is 8. The van der Waals surface area contributed by atoms with E-state index in [1.807, 2.05) is 0 Å². The third-order valence-electron chi connectivity index (χ3n) is 15.3. The fourth-order valence-electron chi connectivity index (χ4n) is 10.3. The number of aliphatic hydroxyl groups is 8. The summed E-state index contributed by atoms with van der Waals surface area (Å²) in [5.74, 6) is -0.212. The van der Waals surface area contributed by atoms with E-state index in [1.165, 1.54) is 148 Å². The minimum Gasteiger partial charge on any atom is -0.394 e. The summed E-state index contributed by atoms with van der Waals surface area (Å²) in [6.45, 7) is 2.62. The van der Waals surface area contributed by atoms with Crippen LogP contribution < -0.4 is 5.32 Å². The van der Waals surface area contributed by atoms with Gasteiger partial charge in [0.05, 0.1) is 32.0 Å². The van der Waals surface area contributed by atoms with E-state index in [4.69, 9.17) is 18.9 Å². The summed E-state index contributed by atoms with van der Waals surface area (Å²) < 4.78 is 22.6. The average Bonchev–Trinajstić information content (AvgIpc) is 3.43. The molecule has 9 N–H and O–H groups in total. The minimum absolute atomic E-state index is 0.212. The van der Waals surface area contributed by atoms with Crippen LogP contribution in [0, 0.1) is 0 Å². The van der Waals surface area contributed by atoms with Gasteiger partial charge >= 0.3 is 0 Å². The number of nitrogens with one attached hydrogen (secondary N) is 1. The molecule has 0 saturated carbocycles. The maximum absolute atomic E-state index is 13.1. The van der Waals surface area contributed by atoms with Gasteiger partial charge in [-0.25, -0.2) is 0 Å². The highest BCUT2D eigenvalue weighted by atomic mass is 16.7. The zero-order chi connectivity index (χ0) is 56.0. The molecule has 0 spiro atoms. The summed E-state index contributed by atoms with van der Waals surface area (Å²) in [7, 11) is 0. The molecule has 0 aromatic heterocycles. The lowest BCUT2D eigenvalue weighted by Gasteiger charge is -2.46. The molecule has 12 unspecified atom stereocenters. The van der Waals surface area contributed by atoms with Crippen molar-refractivity contribution in [3.63, 3.8) is 0 Å². The number of unbranched alkanes of at least 4 members (excludes halogenated alkanes) is 29. The van der Waals surface area contributed by atoms with Crippen molar-refractivity contribution < 1.29 is 64.6 Å². The Kier molecular flexibility index (Phi) is 44.9. The predicted octanol–water partition coefficient (Wildman–Crippen LogP) is 11.2. The lowest BCUT2D eigenvalue weighted by atomic mass is 9.97. The number of carbonyl (C=O) groups excluding carboxylic acids is 1. The molecular weight excluding hydrogens is 979 g/mol. The van der Waals surface area contributed by atoms with Crippen LogP contribution in [0.15, 0.2) is 48.6 Å². The molecule has 2 rings (SSSR count). The van der Waals surface area contributed by atoms with Gasteiger partial charge in [0.15, 0.2) is 12.6 Å². The topological polar surface area (TPSA) is 228 Å². The first-order valence-electron chi connectivity index (χ1n) is 31.4. The lowest BCUT2D eigenvalue weighted by Crippen LogP contribution is -2.65. The second-order valence-electron chi connectivity index (χ2n) is 22.2. The van der Waals surface area contributed by atoms with E-state index in [2.05, 4.69) is 67.8 Å². The van der Waals surface area contributed by atoms with Gasteiger partial charge in [-0.1, -0.05) is 242 Å². The highest BCUT2D eigenvalue weighted by Crippen LogP contribution is 2.30. The highest BCUT2D eigenvalue weighted by Gasteiger charge is 2.51. The Labute approximate surface area is 467 Å². The molecule has 14 heteroatoms. The fourth-order valence-corrected chi connectivity index (χ4v) is 10.3. The van der Waals surface area contributed by atoms with Crippen LogP contribution in [-0.4, -0.2) is 140 Å². The van der Waals surface area contributed by atoms with Crippen molar-refractivity contribution in [2.24, 2.45) is 0 Å². The lowest BCUT2D eigenvalue weighted by molar-refractivity contribution is -0.359. The van der Waals surface area contributed by atoms with E-state index in [9.17, 15) is 45.6 Å². The zero-order valence-corrected chi connectivity index (χ0v) is 48.5. The van der Waals surface area contributed by atoms with Gasteiger partial charge in [-0.15, -0.1) is 0 Å². The molecule has 0 radical (unpaired) electrons. The maximum atomic E-state index is 13.1. The van der Waals surface area contributed by atoms with Gasteiger partial charge in [-0.05, 0) is 51.4 Å². The SMILES string of the molecule is CC/C=C\C/C=C\C/C=C\C/C=C\CCCCCCCCCCCCCCCCCCCCCCCCCCCCC(=O)NC(COC1OC(CO)C(OC2OC(CO)C(O)C(O)C2O)C(O)C1O)C(O)CCCCCC. The number of hydrogen-bond acceptors (Lipinski definition) is 13. The smallest absolute Gasteiger partial charge is 0.220 e. The number of rotatable bonds is 50.